The zero-order chi connectivity index (χ0) is 13.3. The van der Waals surface area contributed by atoms with Crippen LogP contribution in [0, 0.1) is 5.92 Å². The van der Waals surface area contributed by atoms with Gasteiger partial charge in [0.25, 0.3) is 0 Å². The highest BCUT2D eigenvalue weighted by atomic mass is 15.3. The fourth-order valence-electron chi connectivity index (χ4n) is 5.01. The number of hydrogen-bond acceptors (Lipinski definition) is 3. The first-order chi connectivity index (χ1) is 9.30. The molecule has 0 aliphatic carbocycles. The van der Waals surface area contributed by atoms with Crippen molar-refractivity contribution in [2.45, 2.75) is 63.5 Å². The summed E-state index contributed by atoms with van der Waals surface area (Å²) in [6.07, 6.45) is 9.61. The van der Waals surface area contributed by atoms with E-state index in [2.05, 4.69) is 16.7 Å². The molecular formula is C16H31N3. The minimum absolute atomic E-state index is 0.341. The molecule has 3 aliphatic heterocycles. The van der Waals surface area contributed by atoms with E-state index in [-0.39, 0.29) is 0 Å². The van der Waals surface area contributed by atoms with Crippen molar-refractivity contribution in [2.24, 2.45) is 11.7 Å². The molecule has 3 nitrogen and oxygen atoms in total. The topological polar surface area (TPSA) is 32.5 Å². The fraction of sp³-hybridized carbons (Fsp3) is 1.00. The van der Waals surface area contributed by atoms with Crippen LogP contribution in [0.3, 0.4) is 0 Å². The van der Waals surface area contributed by atoms with E-state index in [4.69, 9.17) is 5.73 Å². The molecule has 2 N–H and O–H groups in total. The molecule has 0 aromatic rings. The molecule has 110 valence electrons. The van der Waals surface area contributed by atoms with Crippen LogP contribution in [0.5, 0.6) is 0 Å². The van der Waals surface area contributed by atoms with Gasteiger partial charge in [0, 0.05) is 24.7 Å². The van der Waals surface area contributed by atoms with E-state index >= 15 is 0 Å². The van der Waals surface area contributed by atoms with Gasteiger partial charge < -0.3 is 10.6 Å². The van der Waals surface area contributed by atoms with Gasteiger partial charge in [0.2, 0.25) is 0 Å². The molecule has 4 atom stereocenters. The van der Waals surface area contributed by atoms with E-state index in [1.54, 1.807) is 0 Å². The largest absolute Gasteiger partial charge is 0.329 e. The van der Waals surface area contributed by atoms with Crippen LogP contribution in [0.4, 0.5) is 0 Å². The van der Waals surface area contributed by atoms with Gasteiger partial charge in [-0.15, -0.1) is 0 Å². The molecule has 0 spiro atoms. The lowest BCUT2D eigenvalue weighted by Crippen LogP contribution is -2.65. The molecule has 3 heteroatoms. The number of nitrogens with two attached hydrogens (primary N) is 1. The Morgan fingerprint density at radius 2 is 2.05 bits per heavy atom. The van der Waals surface area contributed by atoms with Crippen LogP contribution >= 0.6 is 0 Å². The Morgan fingerprint density at radius 3 is 2.84 bits per heavy atom. The highest BCUT2D eigenvalue weighted by Crippen LogP contribution is 2.42. The maximum absolute atomic E-state index is 6.35. The number of likely N-dealkylation sites (tertiary alicyclic amines) is 1. The lowest BCUT2D eigenvalue weighted by atomic mass is 9.75. The number of fused-ring (bicyclic) bond motifs is 2. The molecule has 0 aromatic heterocycles. The van der Waals surface area contributed by atoms with E-state index in [1.807, 2.05) is 0 Å². The quantitative estimate of drug-likeness (QED) is 0.844. The molecule has 0 aromatic carbocycles. The van der Waals surface area contributed by atoms with Gasteiger partial charge in [-0.25, -0.2) is 0 Å². The smallest absolute Gasteiger partial charge is 0.0387 e. The number of piperidine rings is 2. The second-order valence-electron chi connectivity index (χ2n) is 6.98. The van der Waals surface area contributed by atoms with Crippen molar-refractivity contribution in [3.8, 4) is 0 Å². The maximum atomic E-state index is 6.35. The third-order valence-corrected chi connectivity index (χ3v) is 6.07. The van der Waals surface area contributed by atoms with Crippen LogP contribution in [-0.4, -0.2) is 54.1 Å². The molecule has 0 amide bonds. The average Bonchev–Trinajstić information content (AvgIpc) is 2.85. The lowest BCUT2D eigenvalue weighted by Gasteiger charge is -2.54. The van der Waals surface area contributed by atoms with Gasteiger partial charge in [-0.3, -0.25) is 4.90 Å². The van der Waals surface area contributed by atoms with Crippen molar-refractivity contribution in [3.63, 3.8) is 0 Å². The number of rotatable bonds is 4. The third-order valence-electron chi connectivity index (χ3n) is 6.07. The molecule has 3 fully saturated rings. The van der Waals surface area contributed by atoms with Crippen molar-refractivity contribution >= 4 is 0 Å². The van der Waals surface area contributed by atoms with Gasteiger partial charge >= 0.3 is 0 Å². The van der Waals surface area contributed by atoms with Crippen molar-refractivity contribution in [3.05, 3.63) is 0 Å². The van der Waals surface area contributed by atoms with Gasteiger partial charge in [-0.1, -0.05) is 19.8 Å². The van der Waals surface area contributed by atoms with Crippen molar-refractivity contribution in [2.75, 3.05) is 32.7 Å². The zero-order valence-electron chi connectivity index (χ0n) is 12.6. The predicted octanol–water partition coefficient (Wildman–Crippen LogP) is 2.06. The van der Waals surface area contributed by atoms with Gasteiger partial charge in [0.05, 0.1) is 0 Å². The highest BCUT2D eigenvalue weighted by Gasteiger charge is 2.50. The second kappa shape index (κ2) is 5.71. The summed E-state index contributed by atoms with van der Waals surface area (Å²) in [4.78, 5) is 5.53. The molecule has 0 radical (unpaired) electrons. The number of hydrogen-bond donors (Lipinski definition) is 1. The van der Waals surface area contributed by atoms with E-state index < -0.39 is 0 Å². The Labute approximate surface area is 118 Å². The molecule has 3 saturated heterocycles. The van der Waals surface area contributed by atoms with Gasteiger partial charge in [-0.2, -0.15) is 0 Å². The molecule has 3 aliphatic rings. The van der Waals surface area contributed by atoms with Crippen LogP contribution in [0.2, 0.25) is 0 Å². The van der Waals surface area contributed by atoms with Gasteiger partial charge in [0.15, 0.2) is 0 Å². The van der Waals surface area contributed by atoms with E-state index in [9.17, 15) is 0 Å². The maximum Gasteiger partial charge on any atom is 0.0387 e. The van der Waals surface area contributed by atoms with Crippen molar-refractivity contribution < 1.29 is 0 Å². The highest BCUT2D eigenvalue weighted by molar-refractivity contribution is 5.07. The monoisotopic (exact) mass is 265 g/mol. The minimum Gasteiger partial charge on any atom is -0.329 e. The molecule has 2 bridgehead atoms. The van der Waals surface area contributed by atoms with Crippen LogP contribution in [0.1, 0.15) is 51.9 Å². The molecule has 3 rings (SSSR count). The average molecular weight is 265 g/mol. The Morgan fingerprint density at radius 1 is 1.16 bits per heavy atom. The van der Waals surface area contributed by atoms with E-state index in [0.717, 1.165) is 18.5 Å². The first-order valence-corrected chi connectivity index (χ1v) is 8.49. The Hall–Kier alpha value is -0.120. The van der Waals surface area contributed by atoms with Crippen LogP contribution in [0.15, 0.2) is 0 Å². The van der Waals surface area contributed by atoms with Gasteiger partial charge in [-0.05, 0) is 57.7 Å². The number of nitrogens with zero attached hydrogens (tertiary/aromatic N) is 2. The summed E-state index contributed by atoms with van der Waals surface area (Å²) < 4.78 is 0. The molecular weight excluding hydrogens is 234 g/mol. The second-order valence-corrected chi connectivity index (χ2v) is 6.98. The molecule has 3 heterocycles. The van der Waals surface area contributed by atoms with E-state index in [1.165, 1.54) is 71.1 Å². The summed E-state index contributed by atoms with van der Waals surface area (Å²) in [7, 11) is 0. The summed E-state index contributed by atoms with van der Waals surface area (Å²) in [5.41, 5.74) is 6.69. The fourth-order valence-corrected chi connectivity index (χ4v) is 5.01. The minimum atomic E-state index is 0.341. The Kier molecular flexibility index (Phi) is 4.16. The predicted molar refractivity (Wildman–Crippen MR) is 80.2 cm³/mol. The van der Waals surface area contributed by atoms with Gasteiger partial charge in [0.1, 0.15) is 0 Å². The summed E-state index contributed by atoms with van der Waals surface area (Å²) in [5, 5.41) is 0. The van der Waals surface area contributed by atoms with Crippen LogP contribution in [-0.2, 0) is 0 Å². The van der Waals surface area contributed by atoms with Crippen LogP contribution < -0.4 is 5.73 Å². The molecule has 0 saturated carbocycles. The normalized spacial score (nSPS) is 43.6. The lowest BCUT2D eigenvalue weighted by molar-refractivity contribution is -0.0406. The summed E-state index contributed by atoms with van der Waals surface area (Å²) in [6.45, 7) is 8.43. The summed E-state index contributed by atoms with van der Waals surface area (Å²) >= 11 is 0. The third kappa shape index (κ3) is 2.34. The summed E-state index contributed by atoms with van der Waals surface area (Å²) in [5.74, 6) is 0.837. The molecule has 4 unspecified atom stereocenters. The first-order valence-electron chi connectivity index (χ1n) is 8.49. The SMILES string of the molecule is CCCC1CCCCN1C1(CN)CCN2CCC1C2. The van der Waals surface area contributed by atoms with Crippen molar-refractivity contribution in [1.82, 2.24) is 9.80 Å². The summed E-state index contributed by atoms with van der Waals surface area (Å²) in [6, 6.07) is 0.814. The van der Waals surface area contributed by atoms with E-state index in [0.29, 0.717) is 5.54 Å². The molecule has 19 heavy (non-hydrogen) atoms. The Balaban J connectivity index is 1.82. The van der Waals surface area contributed by atoms with Crippen molar-refractivity contribution in [1.29, 1.82) is 0 Å². The van der Waals surface area contributed by atoms with Crippen LogP contribution in [0.25, 0.3) is 0 Å². The zero-order valence-corrected chi connectivity index (χ0v) is 12.6. The Bertz CT molecular complexity index is 304. The first kappa shape index (κ1) is 13.8. The standard InChI is InChI=1S/C16H31N3/c1-2-5-15-6-3-4-9-19(15)16(13-17)8-11-18-10-7-14(16)12-18/h14-15H,2-13,17H2,1H3.